The quantitative estimate of drug-likeness (QED) is 0.590. The Kier molecular flexibility index (Phi) is 5.50. The third-order valence-electron chi connectivity index (χ3n) is 3.24. The Labute approximate surface area is 159 Å². The molecule has 0 aliphatic heterocycles. The van der Waals surface area contributed by atoms with Crippen molar-refractivity contribution >= 4 is 57.9 Å². The molecule has 2 aromatic carbocycles. The molecule has 0 bridgehead atoms. The molecule has 3 N–H and O–H groups in total. The summed E-state index contributed by atoms with van der Waals surface area (Å²) in [7, 11) is 0. The molecule has 0 unspecified atom stereocenters. The molecule has 0 fully saturated rings. The Morgan fingerprint density at radius 2 is 1.62 bits per heavy atom. The van der Waals surface area contributed by atoms with E-state index in [0.717, 1.165) is 5.69 Å². The molecule has 7 nitrogen and oxygen atoms in total. The second-order valence-electron chi connectivity index (χ2n) is 5.27. The lowest BCUT2D eigenvalue weighted by atomic mass is 10.3. The Morgan fingerprint density at radius 1 is 0.962 bits per heavy atom. The van der Waals surface area contributed by atoms with Crippen molar-refractivity contribution in [3.8, 4) is 0 Å². The van der Waals surface area contributed by atoms with Gasteiger partial charge in [-0.25, -0.2) is 0 Å². The zero-order chi connectivity index (χ0) is 18.5. The molecule has 0 saturated heterocycles. The van der Waals surface area contributed by atoms with E-state index in [-0.39, 0.29) is 5.91 Å². The monoisotopic (exact) mass is 388 g/mol. The van der Waals surface area contributed by atoms with Gasteiger partial charge in [-0.3, -0.25) is 4.79 Å². The van der Waals surface area contributed by atoms with Crippen LogP contribution in [0.1, 0.15) is 6.92 Å². The van der Waals surface area contributed by atoms with Crippen molar-refractivity contribution in [3.63, 3.8) is 0 Å². The smallest absolute Gasteiger partial charge is 0.249 e. The molecule has 1 aromatic heterocycles. The van der Waals surface area contributed by atoms with Crippen LogP contribution in [0, 0.1) is 0 Å². The number of halogens is 2. The number of benzene rings is 2. The summed E-state index contributed by atoms with van der Waals surface area (Å²) in [5.74, 6) is 0.605. The highest BCUT2D eigenvalue weighted by Gasteiger charge is 2.08. The second-order valence-corrected chi connectivity index (χ2v) is 6.08. The van der Waals surface area contributed by atoms with Crippen LogP contribution in [0.4, 0.5) is 28.8 Å². The number of hydrogen-bond donors (Lipinski definition) is 3. The molecule has 0 spiro atoms. The number of carbonyl (C=O) groups excluding carboxylic acids is 1. The van der Waals surface area contributed by atoms with Crippen LogP contribution >= 0.6 is 23.2 Å². The second kappa shape index (κ2) is 7.99. The van der Waals surface area contributed by atoms with Crippen LogP contribution in [-0.2, 0) is 4.79 Å². The van der Waals surface area contributed by atoms with Crippen LogP contribution in [0.3, 0.4) is 0 Å². The van der Waals surface area contributed by atoms with Crippen molar-refractivity contribution in [3.05, 3.63) is 58.7 Å². The minimum absolute atomic E-state index is 0.129. The van der Waals surface area contributed by atoms with Crippen LogP contribution in [0.25, 0.3) is 0 Å². The van der Waals surface area contributed by atoms with Crippen LogP contribution in [-0.4, -0.2) is 21.1 Å². The summed E-state index contributed by atoms with van der Waals surface area (Å²) in [4.78, 5) is 15.4. The molecule has 0 aliphatic carbocycles. The highest BCUT2D eigenvalue weighted by atomic mass is 35.5. The molecule has 0 atom stereocenters. The number of nitrogens with one attached hydrogen (secondary N) is 3. The highest BCUT2D eigenvalue weighted by Crippen LogP contribution is 2.32. The van der Waals surface area contributed by atoms with E-state index in [1.165, 1.54) is 13.1 Å². The van der Waals surface area contributed by atoms with E-state index in [2.05, 4.69) is 31.1 Å². The molecule has 9 heteroatoms. The fourth-order valence-electron chi connectivity index (χ4n) is 2.13. The van der Waals surface area contributed by atoms with Gasteiger partial charge in [-0.15, -0.1) is 5.10 Å². The molecule has 0 radical (unpaired) electrons. The summed E-state index contributed by atoms with van der Waals surface area (Å²) in [5, 5.41) is 17.6. The van der Waals surface area contributed by atoms with E-state index in [1.54, 1.807) is 42.5 Å². The number of rotatable bonds is 5. The van der Waals surface area contributed by atoms with E-state index in [0.29, 0.717) is 33.2 Å². The lowest BCUT2D eigenvalue weighted by Crippen LogP contribution is -2.06. The SMILES string of the molecule is CC(=O)Nc1ccc(Nc2nncc(Nc3c(Cl)cccc3Cl)n2)cc1. The average molecular weight is 389 g/mol. The summed E-state index contributed by atoms with van der Waals surface area (Å²) in [6.07, 6.45) is 1.46. The average Bonchev–Trinajstić information content (AvgIpc) is 2.60. The summed E-state index contributed by atoms with van der Waals surface area (Å²) in [6.45, 7) is 1.45. The Balaban J connectivity index is 1.74. The normalized spacial score (nSPS) is 10.3. The van der Waals surface area contributed by atoms with E-state index >= 15 is 0 Å². The van der Waals surface area contributed by atoms with Gasteiger partial charge in [0.05, 0.1) is 21.9 Å². The molecule has 1 amide bonds. The molecule has 26 heavy (non-hydrogen) atoms. The van der Waals surface area contributed by atoms with Crippen molar-refractivity contribution < 1.29 is 4.79 Å². The Hall–Kier alpha value is -2.90. The van der Waals surface area contributed by atoms with Crippen molar-refractivity contribution in [1.82, 2.24) is 15.2 Å². The van der Waals surface area contributed by atoms with Crippen molar-refractivity contribution in [1.29, 1.82) is 0 Å². The topological polar surface area (TPSA) is 91.8 Å². The van der Waals surface area contributed by atoms with Crippen molar-refractivity contribution in [2.45, 2.75) is 6.92 Å². The molecular formula is C17H14Cl2N6O. The van der Waals surface area contributed by atoms with Gasteiger partial charge in [0.15, 0.2) is 5.82 Å². The number of aromatic nitrogens is 3. The largest absolute Gasteiger partial charge is 0.336 e. The van der Waals surface area contributed by atoms with Gasteiger partial charge >= 0.3 is 0 Å². The van der Waals surface area contributed by atoms with Crippen molar-refractivity contribution in [2.24, 2.45) is 0 Å². The van der Waals surface area contributed by atoms with Gasteiger partial charge in [-0.05, 0) is 36.4 Å². The molecule has 1 heterocycles. The third kappa shape index (κ3) is 4.59. The van der Waals surface area contributed by atoms with Crippen molar-refractivity contribution in [2.75, 3.05) is 16.0 Å². The number of hydrogen-bond acceptors (Lipinski definition) is 6. The molecular weight excluding hydrogens is 375 g/mol. The van der Waals surface area contributed by atoms with Gasteiger partial charge in [0.2, 0.25) is 11.9 Å². The third-order valence-corrected chi connectivity index (χ3v) is 3.87. The van der Waals surface area contributed by atoms with Gasteiger partial charge in [0.25, 0.3) is 0 Å². The first kappa shape index (κ1) is 17.9. The number of carbonyl (C=O) groups is 1. The molecule has 3 rings (SSSR count). The van der Waals surface area contributed by atoms with Gasteiger partial charge in [0.1, 0.15) is 0 Å². The van der Waals surface area contributed by atoms with Crippen LogP contribution < -0.4 is 16.0 Å². The fourth-order valence-corrected chi connectivity index (χ4v) is 2.62. The van der Waals surface area contributed by atoms with Crippen LogP contribution in [0.5, 0.6) is 0 Å². The maximum absolute atomic E-state index is 11.0. The lowest BCUT2D eigenvalue weighted by Gasteiger charge is -2.10. The van der Waals surface area contributed by atoms with E-state index in [4.69, 9.17) is 23.2 Å². The predicted molar refractivity (Wildman–Crippen MR) is 104 cm³/mol. The van der Waals surface area contributed by atoms with Gasteiger partial charge in [0, 0.05) is 18.3 Å². The molecule has 0 saturated carbocycles. The predicted octanol–water partition coefficient (Wildman–Crippen LogP) is 4.62. The zero-order valence-electron chi connectivity index (χ0n) is 13.6. The fraction of sp³-hybridized carbons (Fsp3) is 0.0588. The Morgan fingerprint density at radius 3 is 2.27 bits per heavy atom. The van der Waals surface area contributed by atoms with Gasteiger partial charge < -0.3 is 16.0 Å². The summed E-state index contributed by atoms with van der Waals surface area (Å²) < 4.78 is 0. The first-order valence-corrected chi connectivity index (χ1v) is 8.32. The first-order chi connectivity index (χ1) is 12.5. The first-order valence-electron chi connectivity index (χ1n) is 7.57. The highest BCUT2D eigenvalue weighted by molar-refractivity contribution is 6.39. The minimum atomic E-state index is -0.129. The van der Waals surface area contributed by atoms with E-state index in [9.17, 15) is 4.79 Å². The molecule has 3 aromatic rings. The van der Waals surface area contributed by atoms with Gasteiger partial charge in [-0.2, -0.15) is 10.1 Å². The summed E-state index contributed by atoms with van der Waals surface area (Å²) in [6, 6.07) is 12.3. The number of anilines is 5. The summed E-state index contributed by atoms with van der Waals surface area (Å²) in [5.41, 5.74) is 1.99. The number of amides is 1. The minimum Gasteiger partial charge on any atom is -0.336 e. The number of nitrogens with zero attached hydrogens (tertiary/aromatic N) is 3. The van der Waals surface area contributed by atoms with Crippen LogP contribution in [0.2, 0.25) is 10.0 Å². The number of para-hydroxylation sites is 1. The van der Waals surface area contributed by atoms with E-state index < -0.39 is 0 Å². The molecule has 0 aliphatic rings. The van der Waals surface area contributed by atoms with E-state index in [1.807, 2.05) is 0 Å². The molecule has 132 valence electrons. The van der Waals surface area contributed by atoms with Crippen LogP contribution in [0.15, 0.2) is 48.7 Å². The summed E-state index contributed by atoms with van der Waals surface area (Å²) >= 11 is 12.3. The lowest BCUT2D eigenvalue weighted by molar-refractivity contribution is -0.114. The standard InChI is InChI=1S/C17H14Cl2N6O/c1-10(26)21-11-5-7-12(8-6-11)22-17-24-15(9-20-25-17)23-16-13(18)3-2-4-14(16)19/h2-9H,1H3,(H,21,26)(H2,22,23,24,25). The zero-order valence-corrected chi connectivity index (χ0v) is 15.1. The maximum Gasteiger partial charge on any atom is 0.249 e. The van der Waals surface area contributed by atoms with Gasteiger partial charge in [-0.1, -0.05) is 29.3 Å². The maximum atomic E-state index is 11.0. The Bertz CT molecular complexity index is 913.